The van der Waals surface area contributed by atoms with Gasteiger partial charge in [-0.2, -0.15) is 0 Å². The fraction of sp³-hybridized carbons (Fsp3) is 0.417. The number of ketones is 1. The van der Waals surface area contributed by atoms with Gasteiger partial charge in [0.2, 0.25) is 0 Å². The molecule has 0 atom stereocenters. The van der Waals surface area contributed by atoms with E-state index in [1.165, 1.54) is 12.1 Å². The van der Waals surface area contributed by atoms with Gasteiger partial charge in [0.1, 0.15) is 11.6 Å². The van der Waals surface area contributed by atoms with Crippen molar-refractivity contribution in [3.05, 3.63) is 33.5 Å². The van der Waals surface area contributed by atoms with Crippen molar-refractivity contribution in [1.82, 2.24) is 0 Å². The average Bonchev–Trinajstić information content (AvgIpc) is 2.10. The number of aryl methyl sites for hydroxylation is 1. The molecule has 1 aliphatic carbocycles. The predicted molar refractivity (Wildman–Crippen MR) is 60.5 cm³/mol. The molecule has 1 aliphatic rings. The first-order chi connectivity index (χ1) is 6.93. The Labute approximate surface area is 96.8 Å². The highest BCUT2D eigenvalue weighted by Gasteiger charge is 2.36. The second-order valence-electron chi connectivity index (χ2n) is 4.47. The van der Waals surface area contributed by atoms with Crippen LogP contribution in [0.25, 0.3) is 0 Å². The van der Waals surface area contributed by atoms with Crippen LogP contribution in [0.5, 0.6) is 0 Å². The van der Waals surface area contributed by atoms with Gasteiger partial charge in [-0.1, -0.05) is 15.9 Å². The first kappa shape index (κ1) is 10.8. The van der Waals surface area contributed by atoms with Crippen molar-refractivity contribution >= 4 is 21.7 Å². The van der Waals surface area contributed by atoms with E-state index in [0.29, 0.717) is 17.3 Å². The minimum absolute atomic E-state index is 0.224. The summed E-state index contributed by atoms with van der Waals surface area (Å²) >= 11 is 3.34. The summed E-state index contributed by atoms with van der Waals surface area (Å²) in [7, 11) is 0. The van der Waals surface area contributed by atoms with Gasteiger partial charge in [0, 0.05) is 16.3 Å². The zero-order chi connectivity index (χ0) is 11.2. The number of halogens is 2. The van der Waals surface area contributed by atoms with Gasteiger partial charge >= 0.3 is 0 Å². The maximum atomic E-state index is 13.2. The van der Waals surface area contributed by atoms with E-state index in [-0.39, 0.29) is 11.6 Å². The summed E-state index contributed by atoms with van der Waals surface area (Å²) in [6.45, 7) is 3.80. The van der Waals surface area contributed by atoms with Crippen molar-refractivity contribution < 1.29 is 9.18 Å². The fourth-order valence-corrected chi connectivity index (χ4v) is 3.19. The van der Waals surface area contributed by atoms with Crippen LogP contribution in [0.15, 0.2) is 16.6 Å². The molecule has 0 radical (unpaired) electrons. The number of hydrogen-bond acceptors (Lipinski definition) is 1. The van der Waals surface area contributed by atoms with Crippen molar-refractivity contribution in [2.75, 3.05) is 0 Å². The molecule has 1 aromatic rings. The van der Waals surface area contributed by atoms with E-state index in [1.54, 1.807) is 0 Å². The molecule has 3 heteroatoms. The fourth-order valence-electron chi connectivity index (χ4n) is 2.22. The number of fused-ring (bicyclic) bond motifs is 1. The van der Waals surface area contributed by atoms with E-state index in [0.717, 1.165) is 11.1 Å². The third-order valence-corrected chi connectivity index (χ3v) is 3.71. The van der Waals surface area contributed by atoms with Crippen molar-refractivity contribution in [3.63, 3.8) is 0 Å². The van der Waals surface area contributed by atoms with Gasteiger partial charge < -0.3 is 0 Å². The van der Waals surface area contributed by atoms with Crippen LogP contribution < -0.4 is 0 Å². The first-order valence-corrected chi connectivity index (χ1v) is 5.74. The van der Waals surface area contributed by atoms with Crippen LogP contribution in [0.2, 0.25) is 0 Å². The monoisotopic (exact) mass is 270 g/mol. The lowest BCUT2D eigenvalue weighted by Gasteiger charge is -2.32. The number of Topliss-reactive ketones (excluding diaryl/α,β-unsaturated/α-hetero) is 1. The molecule has 0 saturated heterocycles. The summed E-state index contributed by atoms with van der Waals surface area (Å²) in [4.78, 5) is 11.8. The zero-order valence-electron chi connectivity index (χ0n) is 8.73. The quantitative estimate of drug-likeness (QED) is 0.707. The van der Waals surface area contributed by atoms with E-state index < -0.39 is 5.41 Å². The van der Waals surface area contributed by atoms with Crippen LogP contribution in [0, 0.1) is 5.82 Å². The Morgan fingerprint density at radius 2 is 2.00 bits per heavy atom. The molecular weight excluding hydrogens is 259 g/mol. The number of hydrogen-bond donors (Lipinski definition) is 0. The maximum Gasteiger partial charge on any atom is 0.143 e. The third-order valence-electron chi connectivity index (χ3n) is 3.08. The molecule has 2 rings (SSSR count). The summed E-state index contributed by atoms with van der Waals surface area (Å²) in [5.74, 6) is -0.0203. The second kappa shape index (κ2) is 3.41. The molecule has 0 aliphatic heterocycles. The van der Waals surface area contributed by atoms with Crippen molar-refractivity contribution in [1.29, 1.82) is 0 Å². The Kier molecular flexibility index (Phi) is 2.45. The Morgan fingerprint density at radius 3 is 2.67 bits per heavy atom. The normalized spacial score (nSPS) is 18.8. The molecular formula is C12H12BrFO. The van der Waals surface area contributed by atoms with Crippen LogP contribution in [-0.4, -0.2) is 5.78 Å². The SMILES string of the molecule is CC1(C)C(=O)CCc2cc(F)cc(Br)c21. The van der Waals surface area contributed by atoms with Crippen LogP contribution in [0.4, 0.5) is 4.39 Å². The molecule has 0 bridgehead atoms. The molecule has 0 fully saturated rings. The lowest BCUT2D eigenvalue weighted by molar-refractivity contribution is -0.124. The highest BCUT2D eigenvalue weighted by atomic mass is 79.9. The summed E-state index contributed by atoms with van der Waals surface area (Å²) in [6.07, 6.45) is 1.16. The van der Waals surface area contributed by atoms with Gasteiger partial charge in [0.15, 0.2) is 0 Å². The highest BCUT2D eigenvalue weighted by Crippen LogP contribution is 2.39. The standard InChI is InChI=1S/C12H12BrFO/c1-12(2)10(15)4-3-7-5-8(14)6-9(13)11(7)12/h5-6H,3-4H2,1-2H3. The molecule has 0 saturated carbocycles. The molecule has 0 heterocycles. The van der Waals surface area contributed by atoms with Crippen molar-refractivity contribution in [2.24, 2.45) is 0 Å². The molecule has 0 amide bonds. The summed E-state index contributed by atoms with van der Waals surface area (Å²) < 4.78 is 13.9. The summed E-state index contributed by atoms with van der Waals surface area (Å²) in [5, 5.41) is 0. The average molecular weight is 271 g/mol. The second-order valence-corrected chi connectivity index (χ2v) is 5.32. The molecule has 0 spiro atoms. The number of rotatable bonds is 0. The van der Waals surface area contributed by atoms with E-state index in [4.69, 9.17) is 0 Å². The first-order valence-electron chi connectivity index (χ1n) is 4.94. The smallest absolute Gasteiger partial charge is 0.143 e. The van der Waals surface area contributed by atoms with Crippen molar-refractivity contribution in [2.45, 2.75) is 32.1 Å². The molecule has 1 nitrogen and oxygen atoms in total. The molecule has 0 N–H and O–H groups in total. The Morgan fingerprint density at radius 1 is 1.33 bits per heavy atom. The lowest BCUT2D eigenvalue weighted by atomic mass is 9.72. The van der Waals surface area contributed by atoms with Gasteiger partial charge in [0.05, 0.1) is 0 Å². The highest BCUT2D eigenvalue weighted by molar-refractivity contribution is 9.10. The number of carbonyl (C=O) groups excluding carboxylic acids is 1. The zero-order valence-corrected chi connectivity index (χ0v) is 10.3. The Balaban J connectivity index is 2.69. The van der Waals surface area contributed by atoms with E-state index >= 15 is 0 Å². The van der Waals surface area contributed by atoms with Crippen molar-refractivity contribution in [3.8, 4) is 0 Å². The van der Waals surface area contributed by atoms with Gasteiger partial charge in [-0.25, -0.2) is 4.39 Å². The minimum Gasteiger partial charge on any atom is -0.299 e. The van der Waals surface area contributed by atoms with Crippen LogP contribution in [0.3, 0.4) is 0 Å². The van der Waals surface area contributed by atoms with Gasteiger partial charge in [0.25, 0.3) is 0 Å². The van der Waals surface area contributed by atoms with Crippen LogP contribution in [0.1, 0.15) is 31.4 Å². The molecule has 1 aromatic carbocycles. The van der Waals surface area contributed by atoms with Gasteiger partial charge in [-0.3, -0.25) is 4.79 Å². The molecule has 80 valence electrons. The number of carbonyl (C=O) groups is 1. The molecule has 15 heavy (non-hydrogen) atoms. The maximum absolute atomic E-state index is 13.2. The lowest BCUT2D eigenvalue weighted by Crippen LogP contribution is -2.34. The van der Waals surface area contributed by atoms with E-state index in [1.807, 2.05) is 13.8 Å². The molecule has 0 unspecified atom stereocenters. The third kappa shape index (κ3) is 1.63. The largest absolute Gasteiger partial charge is 0.299 e. The van der Waals surface area contributed by atoms with Crippen LogP contribution in [-0.2, 0) is 16.6 Å². The molecule has 0 aromatic heterocycles. The van der Waals surface area contributed by atoms with E-state index in [2.05, 4.69) is 15.9 Å². The van der Waals surface area contributed by atoms with Crippen LogP contribution >= 0.6 is 15.9 Å². The van der Waals surface area contributed by atoms with Gasteiger partial charge in [-0.15, -0.1) is 0 Å². The van der Waals surface area contributed by atoms with Gasteiger partial charge in [-0.05, 0) is 43.5 Å². The minimum atomic E-state index is -0.500. The topological polar surface area (TPSA) is 17.1 Å². The predicted octanol–water partition coefficient (Wildman–Crippen LogP) is 3.38. The summed E-state index contributed by atoms with van der Waals surface area (Å²) in [5.41, 5.74) is 1.40. The Hall–Kier alpha value is -0.700. The van der Waals surface area contributed by atoms with E-state index in [9.17, 15) is 9.18 Å². The number of benzene rings is 1. The Bertz CT molecular complexity index is 437. The summed E-state index contributed by atoms with van der Waals surface area (Å²) in [6, 6.07) is 2.97.